The lowest BCUT2D eigenvalue weighted by molar-refractivity contribution is -0.118. The van der Waals surface area contributed by atoms with E-state index in [1.807, 2.05) is 30.3 Å². The van der Waals surface area contributed by atoms with Crippen molar-refractivity contribution in [1.29, 1.82) is 0 Å². The van der Waals surface area contributed by atoms with Crippen molar-refractivity contribution in [3.8, 4) is 22.8 Å². The smallest absolute Gasteiger partial charge is 0.217 e. The van der Waals surface area contributed by atoms with Gasteiger partial charge in [-0.2, -0.15) is 0 Å². The van der Waals surface area contributed by atoms with Gasteiger partial charge in [-0.15, -0.1) is 0 Å². The number of ether oxygens (including phenoxy) is 2. The summed E-state index contributed by atoms with van der Waals surface area (Å²) in [5.41, 5.74) is 8.13. The Balaban J connectivity index is 1.35. The van der Waals surface area contributed by atoms with Crippen molar-refractivity contribution in [1.82, 2.24) is 15.3 Å². The van der Waals surface area contributed by atoms with Crippen LogP contribution in [-0.2, 0) is 17.9 Å². The molecule has 0 aliphatic rings. The van der Waals surface area contributed by atoms with Gasteiger partial charge in [0.1, 0.15) is 47.6 Å². The van der Waals surface area contributed by atoms with Gasteiger partial charge in [0.15, 0.2) is 0 Å². The highest BCUT2D eigenvalue weighted by Gasteiger charge is 2.17. The van der Waals surface area contributed by atoms with Crippen LogP contribution in [-0.4, -0.2) is 29.0 Å². The van der Waals surface area contributed by atoms with Crippen LogP contribution in [0.25, 0.3) is 22.2 Å². The zero-order valence-corrected chi connectivity index (χ0v) is 27.1. The number of nitrogens with one attached hydrogen (secondary N) is 2. The molecule has 11 heteroatoms. The summed E-state index contributed by atoms with van der Waals surface area (Å²) in [5, 5.41) is 7.90. The first-order valence-electron chi connectivity index (χ1n) is 15.8. The highest BCUT2D eigenvalue weighted by Crippen LogP contribution is 2.38. The molecule has 9 nitrogen and oxygen atoms in total. The third-order valence-corrected chi connectivity index (χ3v) is 7.74. The Morgan fingerprint density at radius 2 is 1.85 bits per heavy atom. The first-order chi connectivity index (χ1) is 22.9. The summed E-state index contributed by atoms with van der Waals surface area (Å²) in [4.78, 5) is 20.1. The third-order valence-electron chi connectivity index (χ3n) is 7.44. The van der Waals surface area contributed by atoms with Crippen LogP contribution >= 0.6 is 11.6 Å². The molecule has 0 unspecified atom stereocenters. The van der Waals surface area contributed by atoms with Gasteiger partial charge in [0.05, 0.1) is 29.3 Å². The Labute approximate surface area is 278 Å². The number of benzene rings is 3. The quantitative estimate of drug-likeness (QED) is 0.0802. The van der Waals surface area contributed by atoms with Crippen molar-refractivity contribution in [3.63, 3.8) is 0 Å². The summed E-state index contributed by atoms with van der Waals surface area (Å²) in [7, 11) is 0. The van der Waals surface area contributed by atoms with E-state index in [4.69, 9.17) is 31.2 Å². The zero-order valence-electron chi connectivity index (χ0n) is 26.4. The second-order valence-corrected chi connectivity index (χ2v) is 11.6. The molecule has 4 N–H and O–H groups in total. The molecule has 246 valence electrons. The van der Waals surface area contributed by atoms with Gasteiger partial charge in [0, 0.05) is 23.6 Å². The second kappa shape index (κ2) is 16.8. The maximum absolute atomic E-state index is 13.5. The minimum Gasteiger partial charge on any atom is -0.493 e. The molecule has 5 rings (SSSR count). The van der Waals surface area contributed by atoms with Crippen LogP contribution in [0.5, 0.6) is 11.5 Å². The molecule has 47 heavy (non-hydrogen) atoms. The van der Waals surface area contributed by atoms with Gasteiger partial charge in [-0.3, -0.25) is 4.79 Å². The summed E-state index contributed by atoms with van der Waals surface area (Å²) in [6.45, 7) is 4.34. The Bertz CT molecular complexity index is 1800. The predicted molar refractivity (Wildman–Crippen MR) is 182 cm³/mol. The summed E-state index contributed by atoms with van der Waals surface area (Å²) in [6, 6.07) is 19.4. The lowest BCUT2D eigenvalue weighted by atomic mass is 10.1. The number of hydrogen-bond donors (Lipinski definition) is 3. The van der Waals surface area contributed by atoms with Crippen molar-refractivity contribution < 1.29 is 23.1 Å². The first-order valence-corrected chi connectivity index (χ1v) is 16.2. The molecule has 0 aliphatic carbocycles. The van der Waals surface area contributed by atoms with E-state index in [1.165, 1.54) is 18.5 Å². The molecule has 0 atom stereocenters. The number of nitrogens with zero attached hydrogens (tertiary/aromatic N) is 2. The van der Waals surface area contributed by atoms with E-state index < -0.39 is 0 Å². The van der Waals surface area contributed by atoms with Crippen LogP contribution in [0.15, 0.2) is 77.5 Å². The molecule has 0 saturated carbocycles. The minimum atomic E-state index is -0.319. The number of rotatable bonds is 18. The molecular weight excluding hydrogens is 621 g/mol. The maximum Gasteiger partial charge on any atom is 0.217 e. The monoisotopic (exact) mass is 659 g/mol. The number of amides is 1. The van der Waals surface area contributed by atoms with Crippen LogP contribution in [0.4, 0.5) is 15.9 Å². The van der Waals surface area contributed by atoms with E-state index in [-0.39, 0.29) is 18.3 Å². The van der Waals surface area contributed by atoms with E-state index >= 15 is 0 Å². The van der Waals surface area contributed by atoms with Crippen LogP contribution in [0, 0.1) is 5.82 Å². The average molecular weight is 660 g/mol. The summed E-state index contributed by atoms with van der Waals surface area (Å²) >= 11 is 6.56. The van der Waals surface area contributed by atoms with Gasteiger partial charge in [0.2, 0.25) is 5.91 Å². The highest BCUT2D eigenvalue weighted by molar-refractivity contribution is 6.32. The topological polar surface area (TPSA) is 125 Å². The predicted octanol–water partition coefficient (Wildman–Crippen LogP) is 8.32. The number of hydrogen-bond acceptors (Lipinski definition) is 8. The van der Waals surface area contributed by atoms with Crippen LogP contribution < -0.4 is 25.8 Å². The largest absolute Gasteiger partial charge is 0.493 e. The van der Waals surface area contributed by atoms with Crippen LogP contribution in [0.1, 0.15) is 56.8 Å². The maximum atomic E-state index is 13.5. The van der Waals surface area contributed by atoms with Gasteiger partial charge in [0.25, 0.3) is 0 Å². The number of halogens is 2. The molecule has 5 aromatic rings. The van der Waals surface area contributed by atoms with Crippen LogP contribution in [0.3, 0.4) is 0 Å². The molecular formula is C36H39ClFN5O4. The van der Waals surface area contributed by atoms with E-state index in [2.05, 4.69) is 27.5 Å². The van der Waals surface area contributed by atoms with Gasteiger partial charge in [-0.25, -0.2) is 14.4 Å². The van der Waals surface area contributed by atoms with E-state index in [0.717, 1.165) is 55.4 Å². The molecule has 1 amide bonds. The van der Waals surface area contributed by atoms with E-state index in [0.29, 0.717) is 64.4 Å². The first kappa shape index (κ1) is 33.7. The molecule has 0 fully saturated rings. The Kier molecular flexibility index (Phi) is 12.0. The summed E-state index contributed by atoms with van der Waals surface area (Å²) in [5.74, 6) is 2.63. The summed E-state index contributed by atoms with van der Waals surface area (Å²) in [6.07, 6.45) is 6.38. The number of anilines is 2. The van der Waals surface area contributed by atoms with Crippen molar-refractivity contribution in [2.24, 2.45) is 5.73 Å². The van der Waals surface area contributed by atoms with Crippen LogP contribution in [0.2, 0.25) is 5.02 Å². The number of primary amides is 1. The molecule has 3 aromatic carbocycles. The number of unbranched alkanes of at least 4 members (excludes halogenated alkanes) is 3. The molecule has 2 aromatic heterocycles. The van der Waals surface area contributed by atoms with Crippen molar-refractivity contribution in [3.05, 3.63) is 95.2 Å². The standard InChI is InChI=1S/C36H39ClFN5O4/c1-2-15-40-21-27-12-14-32(47-27)29-19-28-31(20-34(29)45-16-6-4-3-5-10-35(39)44)41-23-42-36(28)43-26-11-13-33(30(37)18-26)46-22-24-8-7-9-25(38)17-24/h7-9,11-14,17-20,23,40H,2-6,10,15-16,21-22H2,1H3,(H2,39,44)(H,41,42,43). The average Bonchev–Trinajstić information content (AvgIpc) is 3.52. The van der Waals surface area contributed by atoms with Gasteiger partial charge in [-0.1, -0.05) is 43.5 Å². The normalized spacial score (nSPS) is 11.1. The molecule has 0 radical (unpaired) electrons. The second-order valence-electron chi connectivity index (χ2n) is 11.2. The van der Waals surface area contributed by atoms with Gasteiger partial charge < -0.3 is 30.3 Å². The number of nitrogens with two attached hydrogens (primary N) is 1. The molecule has 0 spiro atoms. The van der Waals surface area contributed by atoms with Crippen molar-refractivity contribution >= 4 is 39.9 Å². The fourth-order valence-corrected chi connectivity index (χ4v) is 5.29. The molecule has 0 bridgehead atoms. The number of carbonyl (C=O) groups excluding carboxylic acids is 1. The van der Waals surface area contributed by atoms with Crippen molar-refractivity contribution in [2.75, 3.05) is 18.5 Å². The fraction of sp³-hybridized carbons (Fsp3) is 0.306. The zero-order chi connectivity index (χ0) is 33.0. The Hall–Kier alpha value is -4.67. The minimum absolute atomic E-state index is 0.187. The van der Waals surface area contributed by atoms with Gasteiger partial charge in [-0.05, 0) is 79.9 Å². The molecule has 0 aliphatic heterocycles. The lowest BCUT2D eigenvalue weighted by Crippen LogP contribution is -2.12. The molecule has 2 heterocycles. The Morgan fingerprint density at radius 1 is 0.979 bits per heavy atom. The van der Waals surface area contributed by atoms with E-state index in [1.54, 1.807) is 24.3 Å². The number of fused-ring (bicyclic) bond motifs is 1. The SMILES string of the molecule is CCCNCc1ccc(-c2cc3c(Nc4ccc(OCc5cccc(F)c5)c(Cl)c4)ncnc3cc2OCCCCCCC(N)=O)o1. The number of furan rings is 1. The number of aromatic nitrogens is 2. The number of carbonyl (C=O) groups is 1. The highest BCUT2D eigenvalue weighted by atomic mass is 35.5. The van der Waals surface area contributed by atoms with Gasteiger partial charge >= 0.3 is 0 Å². The Morgan fingerprint density at radius 3 is 2.66 bits per heavy atom. The third kappa shape index (κ3) is 9.67. The lowest BCUT2D eigenvalue weighted by Gasteiger charge is -2.15. The molecule has 0 saturated heterocycles. The summed E-state index contributed by atoms with van der Waals surface area (Å²) < 4.78 is 31.9. The van der Waals surface area contributed by atoms with Crippen molar-refractivity contribution in [2.45, 2.75) is 58.6 Å². The fourth-order valence-electron chi connectivity index (χ4n) is 5.06. The van der Waals surface area contributed by atoms with E-state index in [9.17, 15) is 9.18 Å².